The molecule has 0 aliphatic carbocycles. The van der Waals surface area contributed by atoms with Crippen LogP contribution in [0, 0.1) is 6.92 Å². The molecule has 0 fully saturated rings. The molecule has 0 saturated heterocycles. The minimum atomic E-state index is -0.301. The van der Waals surface area contributed by atoms with Gasteiger partial charge in [0.1, 0.15) is 22.1 Å². The van der Waals surface area contributed by atoms with E-state index < -0.39 is 0 Å². The van der Waals surface area contributed by atoms with Crippen molar-refractivity contribution in [1.29, 1.82) is 0 Å². The maximum absolute atomic E-state index is 12.5. The van der Waals surface area contributed by atoms with Gasteiger partial charge in [-0.05, 0) is 24.6 Å². The Morgan fingerprint density at radius 3 is 2.88 bits per heavy atom. The first-order valence-electron chi connectivity index (χ1n) is 6.96. The zero-order valence-electron chi connectivity index (χ0n) is 12.9. The van der Waals surface area contributed by atoms with E-state index in [0.29, 0.717) is 27.8 Å². The lowest BCUT2D eigenvalue weighted by atomic mass is 10.2. The summed E-state index contributed by atoms with van der Waals surface area (Å²) in [6, 6.07) is 3.71. The number of ether oxygens (including phenoxy) is 1. The fourth-order valence-electron chi connectivity index (χ4n) is 2.12. The number of carbonyl (C=O) groups is 1. The Kier molecular flexibility index (Phi) is 4.86. The van der Waals surface area contributed by atoms with Gasteiger partial charge in [0, 0.05) is 22.2 Å². The normalized spacial score (nSPS) is 10.5. The molecule has 0 bridgehead atoms. The molecule has 0 aliphatic heterocycles. The highest BCUT2D eigenvalue weighted by Gasteiger charge is 2.16. The van der Waals surface area contributed by atoms with Crippen molar-refractivity contribution >= 4 is 38.9 Å². The second-order valence-corrected chi connectivity index (χ2v) is 6.66. The Bertz CT molecular complexity index is 883. The molecule has 0 unspecified atom stereocenters. The first-order chi connectivity index (χ1) is 11.6. The smallest absolute Gasteiger partial charge is 0.275 e. The van der Waals surface area contributed by atoms with Crippen molar-refractivity contribution in [3.8, 4) is 16.5 Å². The van der Waals surface area contributed by atoms with E-state index in [1.165, 1.54) is 11.3 Å². The summed E-state index contributed by atoms with van der Waals surface area (Å²) in [5.74, 6) is 0.282. The zero-order chi connectivity index (χ0) is 17.1. The standard InChI is InChI=1S/C16H13BrN4O2S/c1-9-5-10(17)6-13(23-2)14(9)21-15(22)12-8-24-16(20-12)11-7-18-3-4-19-11/h3-8H,1-2H3,(H,21,22). The summed E-state index contributed by atoms with van der Waals surface area (Å²) in [7, 11) is 1.56. The summed E-state index contributed by atoms with van der Waals surface area (Å²) in [6.07, 6.45) is 4.79. The maximum atomic E-state index is 12.5. The molecule has 1 aromatic carbocycles. The molecule has 8 heteroatoms. The number of amides is 1. The number of rotatable bonds is 4. The summed E-state index contributed by atoms with van der Waals surface area (Å²) in [6.45, 7) is 1.90. The van der Waals surface area contributed by atoms with E-state index in [0.717, 1.165) is 10.0 Å². The fourth-order valence-corrected chi connectivity index (χ4v) is 3.43. The second kappa shape index (κ2) is 7.06. The number of hydrogen-bond donors (Lipinski definition) is 1. The Morgan fingerprint density at radius 1 is 1.33 bits per heavy atom. The number of anilines is 1. The van der Waals surface area contributed by atoms with Gasteiger partial charge in [-0.2, -0.15) is 0 Å². The highest BCUT2D eigenvalue weighted by Crippen LogP contribution is 2.32. The van der Waals surface area contributed by atoms with E-state index in [1.54, 1.807) is 37.1 Å². The molecule has 24 heavy (non-hydrogen) atoms. The number of aryl methyl sites for hydroxylation is 1. The molecule has 0 atom stereocenters. The number of methoxy groups -OCH3 is 1. The third-order valence-electron chi connectivity index (χ3n) is 3.24. The van der Waals surface area contributed by atoms with Crippen LogP contribution >= 0.6 is 27.3 Å². The molecule has 0 spiro atoms. The van der Waals surface area contributed by atoms with Crippen LogP contribution in [0.4, 0.5) is 5.69 Å². The van der Waals surface area contributed by atoms with Gasteiger partial charge < -0.3 is 10.1 Å². The van der Waals surface area contributed by atoms with Crippen LogP contribution < -0.4 is 10.1 Å². The van der Waals surface area contributed by atoms with Gasteiger partial charge in [-0.1, -0.05) is 15.9 Å². The highest BCUT2D eigenvalue weighted by atomic mass is 79.9. The van der Waals surface area contributed by atoms with Crippen LogP contribution in [0.15, 0.2) is 40.6 Å². The molecule has 2 aromatic heterocycles. The minimum Gasteiger partial charge on any atom is -0.495 e. The second-order valence-electron chi connectivity index (χ2n) is 4.88. The first-order valence-corrected chi connectivity index (χ1v) is 8.63. The summed E-state index contributed by atoms with van der Waals surface area (Å²) in [4.78, 5) is 25.0. The van der Waals surface area contributed by atoms with Gasteiger partial charge in [0.2, 0.25) is 0 Å². The third-order valence-corrected chi connectivity index (χ3v) is 4.56. The van der Waals surface area contributed by atoms with E-state index >= 15 is 0 Å². The van der Waals surface area contributed by atoms with Crippen LogP contribution in [0.3, 0.4) is 0 Å². The summed E-state index contributed by atoms with van der Waals surface area (Å²) >= 11 is 4.76. The Balaban J connectivity index is 1.85. The van der Waals surface area contributed by atoms with Gasteiger partial charge >= 0.3 is 0 Å². The van der Waals surface area contributed by atoms with E-state index in [4.69, 9.17) is 4.74 Å². The molecule has 1 amide bonds. The minimum absolute atomic E-state index is 0.301. The van der Waals surface area contributed by atoms with Crippen LogP contribution in [0.1, 0.15) is 16.1 Å². The average Bonchev–Trinajstić information content (AvgIpc) is 3.08. The van der Waals surface area contributed by atoms with Crippen molar-refractivity contribution < 1.29 is 9.53 Å². The van der Waals surface area contributed by atoms with Gasteiger partial charge in [0.15, 0.2) is 0 Å². The van der Waals surface area contributed by atoms with Gasteiger partial charge in [0.25, 0.3) is 5.91 Å². The van der Waals surface area contributed by atoms with Crippen molar-refractivity contribution in [3.05, 3.63) is 51.8 Å². The maximum Gasteiger partial charge on any atom is 0.275 e. The van der Waals surface area contributed by atoms with Crippen LogP contribution in [0.2, 0.25) is 0 Å². The first kappa shape index (κ1) is 16.5. The molecule has 0 radical (unpaired) electrons. The lowest BCUT2D eigenvalue weighted by molar-refractivity contribution is 0.102. The Labute approximate surface area is 151 Å². The van der Waals surface area contributed by atoms with Crippen LogP contribution in [-0.4, -0.2) is 28.0 Å². The summed E-state index contributed by atoms with van der Waals surface area (Å²) in [5.41, 5.74) is 2.47. The van der Waals surface area contributed by atoms with Crippen molar-refractivity contribution in [2.24, 2.45) is 0 Å². The number of carbonyl (C=O) groups excluding carboxylic acids is 1. The van der Waals surface area contributed by atoms with Crippen LogP contribution in [-0.2, 0) is 0 Å². The van der Waals surface area contributed by atoms with Crippen molar-refractivity contribution in [2.75, 3.05) is 12.4 Å². The number of hydrogen-bond acceptors (Lipinski definition) is 6. The van der Waals surface area contributed by atoms with Crippen molar-refractivity contribution in [1.82, 2.24) is 15.0 Å². The predicted octanol–water partition coefficient (Wildman–Crippen LogP) is 3.93. The highest BCUT2D eigenvalue weighted by molar-refractivity contribution is 9.10. The van der Waals surface area contributed by atoms with Gasteiger partial charge in [-0.3, -0.25) is 14.8 Å². The summed E-state index contributed by atoms with van der Waals surface area (Å²) in [5, 5.41) is 5.20. The SMILES string of the molecule is COc1cc(Br)cc(C)c1NC(=O)c1csc(-c2cnccn2)n1. The monoisotopic (exact) mass is 404 g/mol. The van der Waals surface area contributed by atoms with Crippen molar-refractivity contribution in [2.45, 2.75) is 6.92 Å². The molecule has 122 valence electrons. The van der Waals surface area contributed by atoms with Gasteiger partial charge in [0.05, 0.1) is 19.0 Å². The van der Waals surface area contributed by atoms with E-state index in [9.17, 15) is 4.79 Å². The summed E-state index contributed by atoms with van der Waals surface area (Å²) < 4.78 is 6.22. The quantitative estimate of drug-likeness (QED) is 0.712. The fraction of sp³-hybridized carbons (Fsp3) is 0.125. The molecule has 3 rings (SSSR count). The number of thiazole rings is 1. The number of nitrogens with zero attached hydrogens (tertiary/aromatic N) is 3. The lowest BCUT2D eigenvalue weighted by Gasteiger charge is -2.13. The molecule has 0 saturated carbocycles. The average molecular weight is 405 g/mol. The molecule has 2 heterocycles. The number of aromatic nitrogens is 3. The van der Waals surface area contributed by atoms with E-state index in [-0.39, 0.29) is 5.91 Å². The molecule has 3 aromatic rings. The molecule has 6 nitrogen and oxygen atoms in total. The van der Waals surface area contributed by atoms with Gasteiger partial charge in [-0.25, -0.2) is 4.98 Å². The largest absolute Gasteiger partial charge is 0.495 e. The zero-order valence-corrected chi connectivity index (χ0v) is 15.3. The topological polar surface area (TPSA) is 77.0 Å². The Hall–Kier alpha value is -2.32. The molecule has 1 N–H and O–H groups in total. The lowest BCUT2D eigenvalue weighted by Crippen LogP contribution is -2.14. The predicted molar refractivity (Wildman–Crippen MR) is 96.5 cm³/mol. The van der Waals surface area contributed by atoms with E-state index in [1.807, 2.05) is 13.0 Å². The molecular weight excluding hydrogens is 392 g/mol. The Morgan fingerprint density at radius 2 is 2.17 bits per heavy atom. The van der Waals surface area contributed by atoms with Crippen molar-refractivity contribution in [3.63, 3.8) is 0 Å². The van der Waals surface area contributed by atoms with Crippen LogP contribution in [0.5, 0.6) is 5.75 Å². The number of halogens is 1. The number of nitrogens with one attached hydrogen (secondary N) is 1. The third kappa shape index (κ3) is 3.44. The molecule has 0 aliphatic rings. The number of benzene rings is 1. The van der Waals surface area contributed by atoms with E-state index in [2.05, 4.69) is 36.2 Å². The van der Waals surface area contributed by atoms with Crippen LogP contribution in [0.25, 0.3) is 10.7 Å². The van der Waals surface area contributed by atoms with Gasteiger partial charge in [-0.15, -0.1) is 11.3 Å². The molecular formula is C16H13BrN4O2S.